The first kappa shape index (κ1) is 38.1. The van der Waals surface area contributed by atoms with E-state index in [1.807, 2.05) is 0 Å². The summed E-state index contributed by atoms with van der Waals surface area (Å²) in [7, 11) is -5.97. The van der Waals surface area contributed by atoms with E-state index in [0.717, 1.165) is 19.3 Å². The van der Waals surface area contributed by atoms with Crippen LogP contribution in [0.1, 0.15) is 109 Å². The topological polar surface area (TPSA) is 69.9 Å². The van der Waals surface area contributed by atoms with E-state index in [-0.39, 0.29) is 36.6 Å². The van der Waals surface area contributed by atoms with Crippen LogP contribution in [0.2, 0.25) is 52.9 Å². The minimum atomic E-state index is -2.16. The molecule has 246 valence electrons. The van der Waals surface area contributed by atoms with E-state index in [9.17, 15) is 5.26 Å². The summed E-state index contributed by atoms with van der Waals surface area (Å²) >= 11 is 0. The van der Waals surface area contributed by atoms with Crippen molar-refractivity contribution in [1.82, 2.24) is 0 Å². The summed E-state index contributed by atoms with van der Waals surface area (Å²) in [6, 6.07) is 2.35. The van der Waals surface area contributed by atoms with Gasteiger partial charge >= 0.3 is 0 Å². The number of hydrogen-bond donors (Lipinski definition) is 0. The van der Waals surface area contributed by atoms with E-state index in [1.165, 1.54) is 0 Å². The molecular weight excluding hydrogens is 575 g/mol. The van der Waals surface area contributed by atoms with Crippen LogP contribution < -0.4 is 0 Å². The van der Waals surface area contributed by atoms with Crippen molar-refractivity contribution in [2.24, 2.45) is 0 Å². The van der Waals surface area contributed by atoms with Crippen molar-refractivity contribution in [3.8, 4) is 6.07 Å². The van der Waals surface area contributed by atoms with Gasteiger partial charge in [-0.25, -0.2) is 0 Å². The second kappa shape index (κ2) is 15.5. The first-order valence-electron chi connectivity index (χ1n) is 17.0. The van der Waals surface area contributed by atoms with Crippen molar-refractivity contribution in [1.29, 1.82) is 5.26 Å². The Morgan fingerprint density at radius 1 is 0.643 bits per heavy atom. The first-order valence-corrected chi connectivity index (χ1v) is 24.7. The molecule has 2 heterocycles. The van der Waals surface area contributed by atoms with Crippen LogP contribution in [-0.4, -0.2) is 68.2 Å². The Morgan fingerprint density at radius 2 is 1.05 bits per heavy atom. The zero-order chi connectivity index (χ0) is 32.2. The first-order chi connectivity index (χ1) is 19.3. The molecule has 0 unspecified atom stereocenters. The largest absolute Gasteiger partial charge is 0.416 e. The van der Waals surface area contributed by atoms with Gasteiger partial charge in [0.25, 0.3) is 0 Å². The van der Waals surface area contributed by atoms with Crippen LogP contribution in [0.3, 0.4) is 0 Å². The monoisotopic (exact) mass is 641 g/mol. The summed E-state index contributed by atoms with van der Waals surface area (Å²) in [5.74, 6) is 0. The fourth-order valence-corrected chi connectivity index (χ4v) is 20.9. The smallest absolute Gasteiger partial charge is 0.200 e. The Morgan fingerprint density at radius 3 is 1.43 bits per heavy atom. The second-order valence-electron chi connectivity index (χ2n) is 16.0. The van der Waals surface area contributed by atoms with Gasteiger partial charge < -0.3 is 22.8 Å². The Kier molecular flexibility index (Phi) is 14.1. The van der Waals surface area contributed by atoms with Gasteiger partial charge in [0.2, 0.25) is 8.32 Å². The molecule has 0 saturated carbocycles. The molecule has 6 atom stereocenters. The van der Waals surface area contributed by atoms with Crippen LogP contribution in [0.25, 0.3) is 0 Å². The molecule has 2 aliphatic rings. The van der Waals surface area contributed by atoms with Crippen molar-refractivity contribution in [3.63, 3.8) is 0 Å². The molecule has 2 fully saturated rings. The maximum Gasteiger partial charge on any atom is 0.200 e. The Labute approximate surface area is 263 Å². The fraction of sp³-hybridized carbons (Fsp3) is 0.970. The molecule has 42 heavy (non-hydrogen) atoms. The van der Waals surface area contributed by atoms with Crippen molar-refractivity contribution in [2.45, 2.75) is 198 Å². The van der Waals surface area contributed by atoms with E-state index in [4.69, 9.17) is 22.8 Å². The third kappa shape index (κ3) is 8.60. The van der Waals surface area contributed by atoms with Gasteiger partial charge in [0.1, 0.15) is 0 Å². The standard InChI is InChI=1S/C33H67NO5Si3/c1-22(2)41(23(3)4,24(5)6)35-19-17-29-33(39-42(25(7)8,26(9)10)27(11)12)21-31-30(37-29)20-32(38-40(13,14)15)28(36-31)16-18-34/h22-33H,16-17,19-21H2,1-15H3/t28-,29+,30-,31+,32+,33-/m1/s1. The third-order valence-corrected chi connectivity index (χ3v) is 23.4. The van der Waals surface area contributed by atoms with Crippen molar-refractivity contribution in [2.75, 3.05) is 6.61 Å². The maximum atomic E-state index is 9.61. The number of nitrogens with zero attached hydrogens (tertiary/aromatic N) is 1. The van der Waals surface area contributed by atoms with Gasteiger partial charge in [0.15, 0.2) is 16.6 Å². The maximum absolute atomic E-state index is 9.61. The molecule has 2 saturated heterocycles. The number of nitriles is 1. The van der Waals surface area contributed by atoms with Gasteiger partial charge in [0, 0.05) is 19.4 Å². The predicted octanol–water partition coefficient (Wildman–Crippen LogP) is 9.58. The molecule has 0 radical (unpaired) electrons. The molecule has 0 amide bonds. The number of rotatable bonds is 15. The summed E-state index contributed by atoms with van der Waals surface area (Å²) in [5, 5.41) is 9.61. The lowest BCUT2D eigenvalue weighted by Crippen LogP contribution is -2.61. The van der Waals surface area contributed by atoms with Crippen LogP contribution in [0.5, 0.6) is 0 Å². The van der Waals surface area contributed by atoms with Crippen LogP contribution in [0.4, 0.5) is 0 Å². The van der Waals surface area contributed by atoms with Gasteiger partial charge in [0.05, 0.1) is 49.1 Å². The van der Waals surface area contributed by atoms with Crippen molar-refractivity contribution < 1.29 is 22.8 Å². The van der Waals surface area contributed by atoms with Crippen molar-refractivity contribution in [3.05, 3.63) is 0 Å². The van der Waals surface area contributed by atoms with E-state index < -0.39 is 25.0 Å². The summed E-state index contributed by atoms with van der Waals surface area (Å²) in [5.41, 5.74) is 3.11. The minimum absolute atomic E-state index is 0.0425. The van der Waals surface area contributed by atoms with Crippen LogP contribution in [0, 0.1) is 11.3 Å². The molecule has 9 heteroatoms. The highest BCUT2D eigenvalue weighted by Crippen LogP contribution is 2.47. The molecule has 0 N–H and O–H groups in total. The molecule has 2 aliphatic heterocycles. The Hall–Kier alpha value is -0.0594. The van der Waals surface area contributed by atoms with E-state index in [0.29, 0.717) is 46.3 Å². The van der Waals surface area contributed by atoms with E-state index in [2.05, 4.69) is 109 Å². The summed E-state index contributed by atoms with van der Waals surface area (Å²) in [4.78, 5) is 0. The summed E-state index contributed by atoms with van der Waals surface area (Å²) in [6.07, 6.45) is 2.20. The fourth-order valence-electron chi connectivity index (χ4n) is 8.72. The molecule has 0 spiro atoms. The van der Waals surface area contributed by atoms with Crippen LogP contribution in [0.15, 0.2) is 0 Å². The van der Waals surface area contributed by atoms with E-state index in [1.54, 1.807) is 0 Å². The highest BCUT2D eigenvalue weighted by molar-refractivity contribution is 6.78. The van der Waals surface area contributed by atoms with Crippen LogP contribution in [-0.2, 0) is 22.8 Å². The highest BCUT2D eigenvalue weighted by atomic mass is 28.4. The Balaban J connectivity index is 2.41. The van der Waals surface area contributed by atoms with E-state index >= 15 is 0 Å². The lowest BCUT2D eigenvalue weighted by Gasteiger charge is -2.52. The average Bonchev–Trinajstić information content (AvgIpc) is 2.83. The Bertz CT molecular complexity index is 823. The number of hydrogen-bond acceptors (Lipinski definition) is 6. The average molecular weight is 642 g/mol. The molecular formula is C33H67NO5Si3. The molecule has 0 aliphatic carbocycles. The molecule has 0 aromatic heterocycles. The highest BCUT2D eigenvalue weighted by Gasteiger charge is 2.52. The van der Waals surface area contributed by atoms with Gasteiger partial charge in [-0.05, 0) is 59.3 Å². The molecule has 0 aromatic carbocycles. The number of fused-ring (bicyclic) bond motifs is 1. The number of ether oxygens (including phenoxy) is 2. The zero-order valence-electron chi connectivity index (χ0n) is 30.0. The summed E-state index contributed by atoms with van der Waals surface area (Å²) in [6.45, 7) is 35.5. The zero-order valence-corrected chi connectivity index (χ0v) is 33.0. The SMILES string of the molecule is CC(C)[Si](OCC[C@@H]1O[C@@H]2C[C@H](O[Si](C)(C)C)[C@@H](CC#N)O[C@H]2C[C@H]1O[Si](C(C)C)(C(C)C)C(C)C)(C(C)C)C(C)C. The minimum Gasteiger partial charge on any atom is -0.416 e. The molecule has 0 bridgehead atoms. The molecule has 2 rings (SSSR count). The lowest BCUT2D eigenvalue weighted by atomic mass is 9.89. The van der Waals surface area contributed by atoms with Gasteiger partial charge in [-0.15, -0.1) is 0 Å². The van der Waals surface area contributed by atoms with Gasteiger partial charge in [-0.2, -0.15) is 5.26 Å². The lowest BCUT2D eigenvalue weighted by molar-refractivity contribution is -0.239. The van der Waals surface area contributed by atoms with Crippen molar-refractivity contribution >= 4 is 25.0 Å². The third-order valence-electron chi connectivity index (χ3n) is 10.2. The van der Waals surface area contributed by atoms with Gasteiger partial charge in [-0.3, -0.25) is 0 Å². The van der Waals surface area contributed by atoms with Crippen LogP contribution >= 0.6 is 0 Å². The predicted molar refractivity (Wildman–Crippen MR) is 183 cm³/mol. The quantitative estimate of drug-likeness (QED) is 0.166. The molecule has 0 aromatic rings. The normalized spacial score (nSPS) is 27.9. The molecule has 6 nitrogen and oxygen atoms in total. The second-order valence-corrected chi connectivity index (χ2v) is 31.3. The van der Waals surface area contributed by atoms with Gasteiger partial charge in [-0.1, -0.05) is 83.1 Å². The summed E-state index contributed by atoms with van der Waals surface area (Å²) < 4.78 is 34.8.